The monoisotopic (exact) mass is 437 g/mol. The minimum absolute atomic E-state index is 0.0387. The standard InChI is InChI=1S/C18H23N5O4S2/c1-22(2)29(26,27)14-9-7-13(8-10-14)17(25)19-16(24)12-28-18-21-20-15-6-4-3-5-11-23(15)18/h7-10H,3-6,11-12H2,1-2H3,(H,19,24,25). The van der Waals surface area contributed by atoms with Crippen LogP contribution in [-0.4, -0.2) is 59.2 Å². The summed E-state index contributed by atoms with van der Waals surface area (Å²) in [5.41, 5.74) is 0.206. The van der Waals surface area contributed by atoms with Crippen LogP contribution in [0.3, 0.4) is 0 Å². The molecule has 0 spiro atoms. The van der Waals surface area contributed by atoms with Gasteiger partial charge in [-0.1, -0.05) is 18.2 Å². The van der Waals surface area contributed by atoms with Crippen LogP contribution in [0.2, 0.25) is 0 Å². The predicted molar refractivity (Wildman–Crippen MR) is 108 cm³/mol. The Morgan fingerprint density at radius 1 is 1.14 bits per heavy atom. The van der Waals surface area contributed by atoms with Crippen LogP contribution in [-0.2, 0) is 27.8 Å². The number of sulfonamides is 1. The second-order valence-electron chi connectivity index (χ2n) is 6.84. The van der Waals surface area contributed by atoms with E-state index in [1.54, 1.807) is 0 Å². The van der Waals surface area contributed by atoms with E-state index >= 15 is 0 Å². The highest BCUT2D eigenvalue weighted by Crippen LogP contribution is 2.21. The summed E-state index contributed by atoms with van der Waals surface area (Å²) in [6, 6.07) is 5.44. The first-order valence-electron chi connectivity index (χ1n) is 9.20. The Labute approximate surface area is 173 Å². The summed E-state index contributed by atoms with van der Waals surface area (Å²) in [6.07, 6.45) is 4.18. The third kappa shape index (κ3) is 5.03. The number of aromatic nitrogens is 3. The summed E-state index contributed by atoms with van der Waals surface area (Å²) < 4.78 is 27.3. The lowest BCUT2D eigenvalue weighted by Gasteiger charge is -2.11. The van der Waals surface area contributed by atoms with Gasteiger partial charge in [0.05, 0.1) is 10.6 Å². The van der Waals surface area contributed by atoms with E-state index in [1.165, 1.54) is 50.1 Å². The number of nitrogens with zero attached hydrogens (tertiary/aromatic N) is 4. The Balaban J connectivity index is 1.57. The molecule has 2 heterocycles. The van der Waals surface area contributed by atoms with Gasteiger partial charge in [-0.25, -0.2) is 12.7 Å². The molecule has 0 fully saturated rings. The Bertz CT molecular complexity index is 1000. The second-order valence-corrected chi connectivity index (χ2v) is 9.93. The third-order valence-corrected chi connectivity index (χ3v) is 7.35. The zero-order chi connectivity index (χ0) is 21.0. The first-order chi connectivity index (χ1) is 13.8. The van der Waals surface area contributed by atoms with E-state index in [4.69, 9.17) is 0 Å². The minimum Gasteiger partial charge on any atom is -0.306 e. The summed E-state index contributed by atoms with van der Waals surface area (Å²) in [6.45, 7) is 0.841. The lowest BCUT2D eigenvalue weighted by Crippen LogP contribution is -2.32. The molecule has 29 heavy (non-hydrogen) atoms. The number of thioether (sulfide) groups is 1. The maximum Gasteiger partial charge on any atom is 0.257 e. The van der Waals surface area contributed by atoms with Crippen molar-refractivity contribution in [2.24, 2.45) is 0 Å². The van der Waals surface area contributed by atoms with Crippen LogP contribution in [0.4, 0.5) is 0 Å². The topological polar surface area (TPSA) is 114 Å². The van der Waals surface area contributed by atoms with E-state index in [0.29, 0.717) is 5.16 Å². The summed E-state index contributed by atoms with van der Waals surface area (Å²) >= 11 is 1.25. The van der Waals surface area contributed by atoms with Gasteiger partial charge in [-0.3, -0.25) is 14.9 Å². The van der Waals surface area contributed by atoms with Crippen molar-refractivity contribution in [3.63, 3.8) is 0 Å². The quantitative estimate of drug-likeness (QED) is 0.678. The molecule has 0 radical (unpaired) electrons. The van der Waals surface area contributed by atoms with Crippen LogP contribution in [0, 0.1) is 0 Å². The summed E-state index contributed by atoms with van der Waals surface area (Å²) in [7, 11) is -0.708. The zero-order valence-corrected chi connectivity index (χ0v) is 17.9. The summed E-state index contributed by atoms with van der Waals surface area (Å²) in [5.74, 6) is -0.0496. The number of amides is 2. The van der Waals surface area contributed by atoms with Crippen molar-refractivity contribution in [2.75, 3.05) is 19.8 Å². The zero-order valence-electron chi connectivity index (χ0n) is 16.3. The Morgan fingerprint density at radius 3 is 2.55 bits per heavy atom. The number of imide groups is 1. The van der Waals surface area contributed by atoms with E-state index in [-0.39, 0.29) is 16.2 Å². The average molecular weight is 438 g/mol. The van der Waals surface area contributed by atoms with Gasteiger partial charge in [0.15, 0.2) is 5.16 Å². The Morgan fingerprint density at radius 2 is 1.86 bits per heavy atom. The first-order valence-corrected chi connectivity index (χ1v) is 11.6. The van der Waals surface area contributed by atoms with Crippen LogP contribution < -0.4 is 5.32 Å². The number of carbonyl (C=O) groups is 2. The summed E-state index contributed by atoms with van der Waals surface area (Å²) in [5, 5.41) is 11.3. The molecule has 1 aromatic heterocycles. The minimum atomic E-state index is -3.57. The van der Waals surface area contributed by atoms with E-state index in [0.717, 1.165) is 42.4 Å². The van der Waals surface area contributed by atoms with Gasteiger partial charge in [-0.15, -0.1) is 10.2 Å². The van der Waals surface area contributed by atoms with E-state index in [9.17, 15) is 18.0 Å². The fourth-order valence-electron chi connectivity index (χ4n) is 2.92. The lowest BCUT2D eigenvalue weighted by atomic mass is 10.2. The van der Waals surface area contributed by atoms with Crippen LogP contribution >= 0.6 is 11.8 Å². The third-order valence-electron chi connectivity index (χ3n) is 4.56. The number of aryl methyl sites for hydroxylation is 1. The second kappa shape index (κ2) is 9.06. The highest BCUT2D eigenvalue weighted by molar-refractivity contribution is 7.99. The van der Waals surface area contributed by atoms with Crippen molar-refractivity contribution in [3.8, 4) is 0 Å². The molecule has 0 aliphatic carbocycles. The number of rotatable bonds is 6. The van der Waals surface area contributed by atoms with Gasteiger partial charge >= 0.3 is 0 Å². The highest BCUT2D eigenvalue weighted by atomic mass is 32.2. The van der Waals surface area contributed by atoms with Crippen molar-refractivity contribution in [2.45, 2.75) is 42.3 Å². The van der Waals surface area contributed by atoms with E-state index in [1.807, 2.05) is 4.57 Å². The molecule has 156 valence electrons. The van der Waals surface area contributed by atoms with Gasteiger partial charge in [0, 0.05) is 32.6 Å². The molecule has 1 aliphatic rings. The predicted octanol–water partition coefficient (Wildman–Crippen LogP) is 1.30. The van der Waals surface area contributed by atoms with Crippen LogP contribution in [0.25, 0.3) is 0 Å². The highest BCUT2D eigenvalue weighted by Gasteiger charge is 2.19. The van der Waals surface area contributed by atoms with Crippen LogP contribution in [0.5, 0.6) is 0 Å². The molecular formula is C18H23N5O4S2. The Hall–Kier alpha value is -2.24. The smallest absolute Gasteiger partial charge is 0.257 e. The fourth-order valence-corrected chi connectivity index (χ4v) is 4.60. The molecule has 0 atom stereocenters. The molecule has 0 saturated heterocycles. The van der Waals surface area contributed by atoms with Crippen LogP contribution in [0.1, 0.15) is 35.4 Å². The Kier molecular flexibility index (Phi) is 6.70. The van der Waals surface area contributed by atoms with Crippen molar-refractivity contribution in [1.82, 2.24) is 24.4 Å². The number of hydrogen-bond acceptors (Lipinski definition) is 7. The maximum absolute atomic E-state index is 12.3. The lowest BCUT2D eigenvalue weighted by molar-refractivity contribution is -0.117. The van der Waals surface area contributed by atoms with Gasteiger partial charge < -0.3 is 4.57 Å². The SMILES string of the molecule is CN(C)S(=O)(=O)c1ccc(C(=O)NC(=O)CSc2nnc3n2CCCCC3)cc1. The van der Waals surface area contributed by atoms with Gasteiger partial charge in [0.25, 0.3) is 5.91 Å². The van der Waals surface area contributed by atoms with E-state index < -0.39 is 21.8 Å². The molecule has 1 aromatic carbocycles. The summed E-state index contributed by atoms with van der Waals surface area (Å²) in [4.78, 5) is 24.5. The molecule has 0 saturated carbocycles. The fraction of sp³-hybridized carbons (Fsp3) is 0.444. The average Bonchev–Trinajstić information content (AvgIpc) is 2.92. The molecule has 1 N–H and O–H groups in total. The maximum atomic E-state index is 12.3. The molecule has 3 rings (SSSR count). The van der Waals surface area contributed by atoms with Crippen molar-refractivity contribution in [3.05, 3.63) is 35.7 Å². The number of benzene rings is 1. The van der Waals surface area contributed by atoms with Gasteiger partial charge in [0.2, 0.25) is 15.9 Å². The van der Waals surface area contributed by atoms with Crippen LogP contribution in [0.15, 0.2) is 34.3 Å². The molecule has 2 aromatic rings. The van der Waals surface area contributed by atoms with Gasteiger partial charge in [0.1, 0.15) is 5.82 Å². The molecule has 2 amide bonds. The largest absolute Gasteiger partial charge is 0.306 e. The van der Waals surface area contributed by atoms with Crippen molar-refractivity contribution >= 4 is 33.6 Å². The number of hydrogen-bond donors (Lipinski definition) is 1. The van der Waals surface area contributed by atoms with Gasteiger partial charge in [-0.2, -0.15) is 0 Å². The molecule has 9 nitrogen and oxygen atoms in total. The normalized spacial score (nSPS) is 14.3. The first kappa shape index (κ1) is 21.5. The molecular weight excluding hydrogens is 414 g/mol. The van der Waals surface area contributed by atoms with Gasteiger partial charge in [-0.05, 0) is 37.1 Å². The number of carbonyl (C=O) groups excluding carboxylic acids is 2. The number of nitrogens with one attached hydrogen (secondary N) is 1. The van der Waals surface area contributed by atoms with E-state index in [2.05, 4.69) is 15.5 Å². The van der Waals surface area contributed by atoms with Crippen molar-refractivity contribution in [1.29, 1.82) is 0 Å². The molecule has 1 aliphatic heterocycles. The molecule has 11 heteroatoms. The molecule has 0 bridgehead atoms. The molecule has 0 unspecified atom stereocenters. The number of fused-ring (bicyclic) bond motifs is 1. The van der Waals surface area contributed by atoms with Crippen molar-refractivity contribution < 1.29 is 18.0 Å².